The minimum absolute atomic E-state index is 0.118. The van der Waals surface area contributed by atoms with Gasteiger partial charge < -0.3 is 15.1 Å². The minimum Gasteiger partial charge on any atom is -0.368 e. The van der Waals surface area contributed by atoms with Crippen LogP contribution < -0.4 is 15.1 Å². The Bertz CT molecular complexity index is 698. The summed E-state index contributed by atoms with van der Waals surface area (Å²) >= 11 is 0. The quantitative estimate of drug-likeness (QED) is 0.776. The van der Waals surface area contributed by atoms with E-state index in [2.05, 4.69) is 56.3 Å². The van der Waals surface area contributed by atoms with Crippen LogP contribution in [-0.2, 0) is 0 Å². The number of nitrogens with one attached hydrogen (secondary N) is 1. The Morgan fingerprint density at radius 3 is 2.50 bits per heavy atom. The fourth-order valence-corrected chi connectivity index (χ4v) is 3.10. The molecule has 0 bridgehead atoms. The molecule has 1 aromatic heterocycles. The van der Waals surface area contributed by atoms with Crippen molar-refractivity contribution in [3.8, 4) is 0 Å². The maximum atomic E-state index is 12.3. The summed E-state index contributed by atoms with van der Waals surface area (Å²) in [6.45, 7) is 6.37. The van der Waals surface area contributed by atoms with Gasteiger partial charge in [0.1, 0.15) is 5.69 Å². The van der Waals surface area contributed by atoms with Gasteiger partial charge in [-0.05, 0) is 24.6 Å². The third kappa shape index (κ3) is 4.71. The van der Waals surface area contributed by atoms with E-state index < -0.39 is 0 Å². The lowest BCUT2D eigenvalue weighted by Gasteiger charge is -2.36. The standard InChI is InChI=1S/C20H27N5O/c1-2-3-7-11-21-19(26)18-10-12-22-20(23-18)25-15-13-24(14-16-25)17-8-5-4-6-9-17/h4-6,8-10,12H,2-3,7,11,13-16H2,1H3,(H,21,26). The number of carbonyl (C=O) groups is 1. The molecule has 1 saturated heterocycles. The molecule has 1 aliphatic rings. The predicted octanol–water partition coefficient (Wildman–Crippen LogP) is 2.72. The highest BCUT2D eigenvalue weighted by atomic mass is 16.1. The van der Waals surface area contributed by atoms with E-state index in [1.54, 1.807) is 12.3 Å². The average Bonchev–Trinajstić information content (AvgIpc) is 2.72. The van der Waals surface area contributed by atoms with Crippen LogP contribution in [0.2, 0.25) is 0 Å². The molecule has 0 saturated carbocycles. The Balaban J connectivity index is 1.56. The molecule has 1 N–H and O–H groups in total. The second-order valence-electron chi connectivity index (χ2n) is 6.51. The average molecular weight is 353 g/mol. The van der Waals surface area contributed by atoms with Gasteiger partial charge in [0.2, 0.25) is 5.95 Å². The van der Waals surface area contributed by atoms with E-state index in [-0.39, 0.29) is 5.91 Å². The molecule has 138 valence electrons. The molecule has 0 radical (unpaired) electrons. The zero-order valence-electron chi connectivity index (χ0n) is 15.4. The van der Waals surface area contributed by atoms with Crippen molar-refractivity contribution in [2.75, 3.05) is 42.5 Å². The first-order chi connectivity index (χ1) is 12.8. The fourth-order valence-electron chi connectivity index (χ4n) is 3.10. The van der Waals surface area contributed by atoms with Crippen LogP contribution in [0, 0.1) is 0 Å². The molecule has 2 aromatic rings. The van der Waals surface area contributed by atoms with Gasteiger partial charge in [-0.3, -0.25) is 4.79 Å². The van der Waals surface area contributed by atoms with Crippen molar-refractivity contribution in [3.05, 3.63) is 48.3 Å². The molecule has 6 heteroatoms. The number of piperazine rings is 1. The van der Waals surface area contributed by atoms with E-state index in [0.717, 1.165) is 45.4 Å². The van der Waals surface area contributed by atoms with Gasteiger partial charge in [0.25, 0.3) is 5.91 Å². The summed E-state index contributed by atoms with van der Waals surface area (Å²) in [5.74, 6) is 0.520. The maximum Gasteiger partial charge on any atom is 0.270 e. The Morgan fingerprint density at radius 2 is 1.77 bits per heavy atom. The van der Waals surface area contributed by atoms with Crippen molar-refractivity contribution in [1.29, 1.82) is 0 Å². The van der Waals surface area contributed by atoms with Crippen LogP contribution in [-0.4, -0.2) is 48.6 Å². The number of hydrogen-bond acceptors (Lipinski definition) is 5. The van der Waals surface area contributed by atoms with Crippen LogP contribution in [0.3, 0.4) is 0 Å². The van der Waals surface area contributed by atoms with Gasteiger partial charge in [-0.15, -0.1) is 0 Å². The summed E-state index contributed by atoms with van der Waals surface area (Å²) in [6, 6.07) is 12.1. The number of rotatable bonds is 7. The van der Waals surface area contributed by atoms with Crippen LogP contribution in [0.1, 0.15) is 36.7 Å². The predicted molar refractivity (Wildman–Crippen MR) is 105 cm³/mol. The van der Waals surface area contributed by atoms with Crippen molar-refractivity contribution < 1.29 is 4.79 Å². The number of anilines is 2. The highest BCUT2D eigenvalue weighted by Crippen LogP contribution is 2.17. The normalized spacial score (nSPS) is 14.3. The molecule has 0 aliphatic carbocycles. The zero-order valence-corrected chi connectivity index (χ0v) is 15.4. The third-order valence-electron chi connectivity index (χ3n) is 4.63. The molecule has 0 spiro atoms. The van der Waals surface area contributed by atoms with E-state index >= 15 is 0 Å². The molecule has 6 nitrogen and oxygen atoms in total. The van der Waals surface area contributed by atoms with E-state index in [1.807, 2.05) is 6.07 Å². The Labute approximate surface area is 155 Å². The topological polar surface area (TPSA) is 61.4 Å². The first-order valence-electron chi connectivity index (χ1n) is 9.44. The molecule has 1 amide bonds. The van der Waals surface area contributed by atoms with Gasteiger partial charge in [-0.25, -0.2) is 9.97 Å². The fraction of sp³-hybridized carbons (Fsp3) is 0.450. The molecule has 3 rings (SSSR count). The minimum atomic E-state index is -0.118. The number of aromatic nitrogens is 2. The van der Waals surface area contributed by atoms with Crippen LogP contribution in [0.5, 0.6) is 0 Å². The lowest BCUT2D eigenvalue weighted by molar-refractivity contribution is 0.0948. The second kappa shape index (κ2) is 9.17. The molecule has 0 unspecified atom stereocenters. The number of carbonyl (C=O) groups excluding carboxylic acids is 1. The van der Waals surface area contributed by atoms with Gasteiger partial charge in [0.05, 0.1) is 0 Å². The summed E-state index contributed by atoms with van der Waals surface area (Å²) in [5, 5.41) is 2.94. The largest absolute Gasteiger partial charge is 0.368 e. The first-order valence-corrected chi connectivity index (χ1v) is 9.44. The van der Waals surface area contributed by atoms with Gasteiger partial charge >= 0.3 is 0 Å². The molecule has 2 heterocycles. The third-order valence-corrected chi connectivity index (χ3v) is 4.63. The second-order valence-corrected chi connectivity index (χ2v) is 6.51. The number of para-hydroxylation sites is 1. The van der Waals surface area contributed by atoms with Crippen molar-refractivity contribution in [3.63, 3.8) is 0 Å². The van der Waals surface area contributed by atoms with E-state index in [9.17, 15) is 4.79 Å². The Morgan fingerprint density at radius 1 is 1.04 bits per heavy atom. The number of amides is 1. The lowest BCUT2D eigenvalue weighted by Crippen LogP contribution is -2.47. The summed E-state index contributed by atoms with van der Waals surface area (Å²) in [4.78, 5) is 25.6. The highest BCUT2D eigenvalue weighted by molar-refractivity contribution is 5.92. The molecule has 1 fully saturated rings. The Hall–Kier alpha value is -2.63. The van der Waals surface area contributed by atoms with Crippen LogP contribution in [0.25, 0.3) is 0 Å². The smallest absolute Gasteiger partial charge is 0.270 e. The molecular formula is C20H27N5O. The van der Waals surface area contributed by atoms with Crippen LogP contribution in [0.4, 0.5) is 11.6 Å². The molecular weight excluding hydrogens is 326 g/mol. The van der Waals surface area contributed by atoms with Gasteiger partial charge in [0, 0.05) is 44.6 Å². The molecule has 1 aromatic carbocycles. The van der Waals surface area contributed by atoms with Crippen LogP contribution in [0.15, 0.2) is 42.6 Å². The van der Waals surface area contributed by atoms with Crippen LogP contribution >= 0.6 is 0 Å². The van der Waals surface area contributed by atoms with E-state index in [1.165, 1.54) is 5.69 Å². The number of unbranched alkanes of at least 4 members (excludes halogenated alkanes) is 2. The summed E-state index contributed by atoms with van der Waals surface area (Å²) in [6.07, 6.45) is 4.94. The summed E-state index contributed by atoms with van der Waals surface area (Å²) in [5.41, 5.74) is 1.69. The van der Waals surface area contributed by atoms with Crippen molar-refractivity contribution in [1.82, 2.24) is 15.3 Å². The van der Waals surface area contributed by atoms with Crippen molar-refractivity contribution in [2.24, 2.45) is 0 Å². The van der Waals surface area contributed by atoms with Gasteiger partial charge in [-0.1, -0.05) is 38.0 Å². The number of hydrogen-bond donors (Lipinski definition) is 1. The maximum absolute atomic E-state index is 12.3. The van der Waals surface area contributed by atoms with Gasteiger partial charge in [0.15, 0.2) is 0 Å². The summed E-state index contributed by atoms with van der Waals surface area (Å²) < 4.78 is 0. The van der Waals surface area contributed by atoms with Crippen molar-refractivity contribution >= 4 is 17.5 Å². The molecule has 0 atom stereocenters. The Kier molecular flexibility index (Phi) is 6.41. The van der Waals surface area contributed by atoms with E-state index in [0.29, 0.717) is 18.2 Å². The number of benzene rings is 1. The van der Waals surface area contributed by atoms with E-state index in [4.69, 9.17) is 0 Å². The highest BCUT2D eigenvalue weighted by Gasteiger charge is 2.20. The summed E-state index contributed by atoms with van der Waals surface area (Å²) in [7, 11) is 0. The molecule has 26 heavy (non-hydrogen) atoms. The number of nitrogens with zero attached hydrogens (tertiary/aromatic N) is 4. The zero-order chi connectivity index (χ0) is 18.2. The first kappa shape index (κ1) is 18.2. The SMILES string of the molecule is CCCCCNC(=O)c1ccnc(N2CCN(c3ccccc3)CC2)n1. The van der Waals surface area contributed by atoms with Gasteiger partial charge in [-0.2, -0.15) is 0 Å². The molecule has 1 aliphatic heterocycles. The monoisotopic (exact) mass is 353 g/mol. The van der Waals surface area contributed by atoms with Crippen molar-refractivity contribution in [2.45, 2.75) is 26.2 Å². The lowest BCUT2D eigenvalue weighted by atomic mass is 10.2.